The van der Waals surface area contributed by atoms with Gasteiger partial charge in [-0.15, -0.1) is 0 Å². The second kappa shape index (κ2) is 11.2. The predicted molar refractivity (Wildman–Crippen MR) is 134 cm³/mol. The van der Waals surface area contributed by atoms with Crippen LogP contribution in [0.2, 0.25) is 0 Å². The van der Waals surface area contributed by atoms with Gasteiger partial charge in [-0.25, -0.2) is 0 Å². The molecule has 0 N–H and O–H groups in total. The van der Waals surface area contributed by atoms with Crippen molar-refractivity contribution in [1.82, 2.24) is 9.78 Å². The lowest BCUT2D eigenvalue weighted by molar-refractivity contribution is -0.384. The molecule has 1 heterocycles. The quantitative estimate of drug-likeness (QED) is 0.282. The van der Waals surface area contributed by atoms with E-state index in [2.05, 4.69) is 5.10 Å². The van der Waals surface area contributed by atoms with Crippen LogP contribution in [0.25, 0.3) is 0 Å². The summed E-state index contributed by atoms with van der Waals surface area (Å²) < 4.78 is 41.8. The number of para-hydroxylation sites is 1. The molecule has 11 heteroatoms. The number of amides is 1. The van der Waals surface area contributed by atoms with E-state index in [-0.39, 0.29) is 43.0 Å². The largest absolute Gasteiger partial charge is 0.435 e. The third kappa shape index (κ3) is 6.09. The lowest BCUT2D eigenvalue weighted by atomic mass is 9.92. The number of nitrogens with zero attached hydrogens (tertiary/aromatic N) is 4. The van der Waals surface area contributed by atoms with E-state index >= 15 is 0 Å². The van der Waals surface area contributed by atoms with Crippen molar-refractivity contribution in [3.05, 3.63) is 87.2 Å². The maximum Gasteiger partial charge on any atom is 0.435 e. The number of fused-ring (bicyclic) bond motifs is 1. The van der Waals surface area contributed by atoms with Crippen molar-refractivity contribution in [3.63, 3.8) is 0 Å². The SMILES string of the molecule is CN(C(=O)[C@@H](CC(=O)Cn1nc(C(F)(F)F)c2c1CCCC2)Cc1cccc([N+](=O)[O-])c1)c1ccccc1. The van der Waals surface area contributed by atoms with Crippen molar-refractivity contribution in [1.29, 1.82) is 0 Å². The van der Waals surface area contributed by atoms with E-state index in [9.17, 15) is 32.9 Å². The lowest BCUT2D eigenvalue weighted by Crippen LogP contribution is -2.35. The Hall–Kier alpha value is -4.02. The Morgan fingerprint density at radius 1 is 1.11 bits per heavy atom. The third-order valence-corrected chi connectivity index (χ3v) is 6.75. The summed E-state index contributed by atoms with van der Waals surface area (Å²) in [6.45, 7) is -0.383. The van der Waals surface area contributed by atoms with Crippen LogP contribution in [0.4, 0.5) is 24.5 Å². The monoisotopic (exact) mass is 528 g/mol. The second-order valence-corrected chi connectivity index (χ2v) is 9.44. The van der Waals surface area contributed by atoms with Crippen LogP contribution in [-0.4, -0.2) is 33.4 Å². The molecule has 0 saturated carbocycles. The van der Waals surface area contributed by atoms with Crippen LogP contribution < -0.4 is 4.90 Å². The molecule has 1 aliphatic rings. The number of alkyl halides is 3. The van der Waals surface area contributed by atoms with E-state index in [4.69, 9.17) is 0 Å². The van der Waals surface area contributed by atoms with Gasteiger partial charge in [0.15, 0.2) is 11.5 Å². The molecule has 0 aliphatic heterocycles. The molecular formula is C27H27F3N4O4. The van der Waals surface area contributed by atoms with Gasteiger partial charge in [0.2, 0.25) is 5.91 Å². The van der Waals surface area contributed by atoms with Crippen molar-refractivity contribution >= 4 is 23.1 Å². The molecule has 1 aliphatic carbocycles. The van der Waals surface area contributed by atoms with Crippen LogP contribution in [0.5, 0.6) is 0 Å². The summed E-state index contributed by atoms with van der Waals surface area (Å²) >= 11 is 0. The van der Waals surface area contributed by atoms with Crippen molar-refractivity contribution in [2.45, 2.75) is 51.2 Å². The van der Waals surface area contributed by atoms with E-state index in [0.29, 0.717) is 36.2 Å². The zero-order chi connectivity index (χ0) is 27.4. The van der Waals surface area contributed by atoms with Crippen molar-refractivity contribution in [2.75, 3.05) is 11.9 Å². The number of halogens is 3. The van der Waals surface area contributed by atoms with Crippen LogP contribution >= 0.6 is 0 Å². The number of nitro groups is 1. The minimum absolute atomic E-state index is 0.0500. The summed E-state index contributed by atoms with van der Waals surface area (Å²) in [5.41, 5.74) is 0.574. The number of hydrogen-bond acceptors (Lipinski definition) is 5. The number of rotatable bonds is 9. The number of non-ortho nitro benzene ring substituents is 1. The smallest absolute Gasteiger partial charge is 0.315 e. The number of ketones is 1. The van der Waals surface area contributed by atoms with E-state index in [1.807, 2.05) is 0 Å². The van der Waals surface area contributed by atoms with Gasteiger partial charge < -0.3 is 4.90 Å². The standard InChI is InChI=1S/C27H27F3N4O4/c1-32(20-9-3-2-4-10-20)26(36)19(14-18-8-7-11-21(15-18)34(37)38)16-22(35)17-33-24-13-6-5-12-23(24)25(31-33)27(28,29)30/h2-4,7-11,15,19H,5-6,12-14,16-17H2,1H3/t19-/m1/s1. The lowest BCUT2D eigenvalue weighted by Gasteiger charge is -2.24. The molecular weight excluding hydrogens is 501 g/mol. The van der Waals surface area contributed by atoms with Crippen LogP contribution in [0.15, 0.2) is 54.6 Å². The molecule has 0 fully saturated rings. The third-order valence-electron chi connectivity index (χ3n) is 6.75. The van der Waals surface area contributed by atoms with E-state index in [1.54, 1.807) is 43.4 Å². The van der Waals surface area contributed by atoms with Gasteiger partial charge in [0.1, 0.15) is 0 Å². The fraction of sp³-hybridized carbons (Fsp3) is 0.370. The van der Waals surface area contributed by atoms with Gasteiger partial charge in [-0.3, -0.25) is 24.4 Å². The van der Waals surface area contributed by atoms with E-state index in [1.165, 1.54) is 23.1 Å². The van der Waals surface area contributed by atoms with Gasteiger partial charge in [0.05, 0.1) is 11.5 Å². The van der Waals surface area contributed by atoms with Gasteiger partial charge in [-0.1, -0.05) is 30.3 Å². The number of aromatic nitrogens is 2. The number of nitro benzene ring substituents is 1. The van der Waals surface area contributed by atoms with Crippen LogP contribution in [0, 0.1) is 16.0 Å². The number of Topliss-reactive ketones (excluding diaryl/α,β-unsaturated/α-hetero) is 1. The Morgan fingerprint density at radius 3 is 2.50 bits per heavy atom. The highest BCUT2D eigenvalue weighted by Crippen LogP contribution is 2.36. The Kier molecular flexibility index (Phi) is 7.94. The molecule has 0 unspecified atom stereocenters. The Bertz CT molecular complexity index is 1340. The number of carbonyl (C=O) groups is 2. The number of anilines is 1. The van der Waals surface area contributed by atoms with Gasteiger partial charge >= 0.3 is 6.18 Å². The molecule has 0 saturated heterocycles. The average Bonchev–Trinajstić information content (AvgIpc) is 3.27. The average molecular weight is 529 g/mol. The Labute approximate surface area is 217 Å². The summed E-state index contributed by atoms with van der Waals surface area (Å²) in [5, 5.41) is 15.0. The highest BCUT2D eigenvalue weighted by molar-refractivity contribution is 5.97. The molecule has 0 bridgehead atoms. The Balaban J connectivity index is 1.59. The number of hydrogen-bond donors (Lipinski definition) is 0. The summed E-state index contributed by atoms with van der Waals surface area (Å²) in [5.74, 6) is -1.71. The normalized spacial score (nSPS) is 14.0. The molecule has 1 amide bonds. The molecule has 0 radical (unpaired) electrons. The molecule has 200 valence electrons. The number of carbonyl (C=O) groups excluding carboxylic acids is 2. The first-order valence-corrected chi connectivity index (χ1v) is 12.3. The topological polar surface area (TPSA) is 98.3 Å². The second-order valence-electron chi connectivity index (χ2n) is 9.44. The van der Waals surface area contributed by atoms with Gasteiger partial charge in [-0.2, -0.15) is 18.3 Å². The fourth-order valence-corrected chi connectivity index (χ4v) is 4.92. The molecule has 2 aromatic carbocycles. The first-order chi connectivity index (χ1) is 18.0. The van der Waals surface area contributed by atoms with Crippen LogP contribution in [0.3, 0.4) is 0 Å². The summed E-state index contributed by atoms with van der Waals surface area (Å²) in [6, 6.07) is 14.6. The van der Waals surface area contributed by atoms with Crippen molar-refractivity contribution < 1.29 is 27.7 Å². The first-order valence-electron chi connectivity index (χ1n) is 12.3. The van der Waals surface area contributed by atoms with E-state index < -0.39 is 28.5 Å². The fourth-order valence-electron chi connectivity index (χ4n) is 4.92. The van der Waals surface area contributed by atoms with Crippen LogP contribution in [0.1, 0.15) is 41.8 Å². The van der Waals surface area contributed by atoms with Gasteiger partial charge in [0, 0.05) is 48.5 Å². The van der Waals surface area contributed by atoms with Crippen LogP contribution in [-0.2, 0) is 41.6 Å². The first kappa shape index (κ1) is 27.0. The van der Waals surface area contributed by atoms with E-state index in [0.717, 1.165) is 4.68 Å². The minimum Gasteiger partial charge on any atom is -0.315 e. The zero-order valence-corrected chi connectivity index (χ0v) is 20.8. The Morgan fingerprint density at radius 2 is 1.82 bits per heavy atom. The maximum absolute atomic E-state index is 13.6. The molecule has 38 heavy (non-hydrogen) atoms. The molecule has 8 nitrogen and oxygen atoms in total. The zero-order valence-electron chi connectivity index (χ0n) is 20.8. The number of benzene rings is 2. The summed E-state index contributed by atoms with van der Waals surface area (Å²) in [4.78, 5) is 38.8. The molecule has 1 atom stereocenters. The molecule has 4 rings (SSSR count). The maximum atomic E-state index is 13.6. The molecule has 1 aromatic heterocycles. The molecule has 3 aromatic rings. The van der Waals surface area contributed by atoms with Crippen molar-refractivity contribution in [3.8, 4) is 0 Å². The van der Waals surface area contributed by atoms with Gasteiger partial charge in [-0.05, 0) is 49.8 Å². The summed E-state index contributed by atoms with van der Waals surface area (Å²) in [7, 11) is 1.57. The minimum atomic E-state index is -4.62. The highest BCUT2D eigenvalue weighted by atomic mass is 19.4. The molecule has 0 spiro atoms. The van der Waals surface area contributed by atoms with Crippen molar-refractivity contribution in [2.24, 2.45) is 5.92 Å². The highest BCUT2D eigenvalue weighted by Gasteiger charge is 2.40. The summed E-state index contributed by atoms with van der Waals surface area (Å²) in [6.07, 6.45) is -2.83. The van der Waals surface area contributed by atoms with Gasteiger partial charge in [0.25, 0.3) is 5.69 Å². The predicted octanol–water partition coefficient (Wildman–Crippen LogP) is 5.17.